The van der Waals surface area contributed by atoms with Gasteiger partial charge in [-0.1, -0.05) is 24.3 Å². The fourth-order valence-electron chi connectivity index (χ4n) is 3.60. The first-order valence-corrected chi connectivity index (χ1v) is 7.81. The molecular formula is C17H23NO. The second-order valence-electron chi connectivity index (χ2n) is 6.51. The molecule has 0 saturated heterocycles. The van der Waals surface area contributed by atoms with Gasteiger partial charge in [-0.25, -0.2) is 0 Å². The van der Waals surface area contributed by atoms with Crippen molar-refractivity contribution in [2.45, 2.75) is 38.3 Å². The molecule has 0 radical (unpaired) electrons. The van der Waals surface area contributed by atoms with E-state index in [9.17, 15) is 0 Å². The lowest BCUT2D eigenvalue weighted by Crippen LogP contribution is -2.34. The Labute approximate surface area is 115 Å². The van der Waals surface area contributed by atoms with Crippen LogP contribution in [0, 0.1) is 17.8 Å². The predicted molar refractivity (Wildman–Crippen MR) is 75.8 cm³/mol. The molecule has 0 aromatic heterocycles. The van der Waals surface area contributed by atoms with Gasteiger partial charge in [0.25, 0.3) is 0 Å². The Kier molecular flexibility index (Phi) is 3.08. The van der Waals surface area contributed by atoms with E-state index < -0.39 is 0 Å². The normalized spacial score (nSPS) is 26.5. The third-order valence-corrected chi connectivity index (χ3v) is 5.03. The van der Waals surface area contributed by atoms with Gasteiger partial charge in [0.15, 0.2) is 0 Å². The van der Waals surface area contributed by atoms with Crippen molar-refractivity contribution in [1.82, 2.24) is 5.32 Å². The molecule has 0 amide bonds. The zero-order valence-electron chi connectivity index (χ0n) is 11.5. The molecule has 0 bridgehead atoms. The van der Waals surface area contributed by atoms with Gasteiger partial charge in [-0.3, -0.25) is 0 Å². The summed E-state index contributed by atoms with van der Waals surface area (Å²) in [5.74, 6) is 2.99. The van der Waals surface area contributed by atoms with Crippen molar-refractivity contribution >= 4 is 0 Å². The van der Waals surface area contributed by atoms with Crippen LogP contribution in [0.3, 0.4) is 0 Å². The summed E-state index contributed by atoms with van der Waals surface area (Å²) in [7, 11) is 0. The predicted octanol–water partition coefficient (Wildman–Crippen LogP) is 3.28. The summed E-state index contributed by atoms with van der Waals surface area (Å²) in [5.41, 5.74) is 2.82. The molecule has 2 heteroatoms. The van der Waals surface area contributed by atoms with Crippen LogP contribution >= 0.6 is 0 Å². The summed E-state index contributed by atoms with van der Waals surface area (Å²) in [6.07, 6.45) is 5.89. The zero-order valence-corrected chi connectivity index (χ0v) is 11.5. The van der Waals surface area contributed by atoms with Gasteiger partial charge in [-0.2, -0.15) is 0 Å². The van der Waals surface area contributed by atoms with Crippen LogP contribution in [0.25, 0.3) is 0 Å². The number of nitrogens with one attached hydrogen (secondary N) is 1. The van der Waals surface area contributed by atoms with Crippen LogP contribution in [0.1, 0.15) is 42.9 Å². The lowest BCUT2D eigenvalue weighted by atomic mass is 9.95. The van der Waals surface area contributed by atoms with E-state index >= 15 is 0 Å². The van der Waals surface area contributed by atoms with Crippen LogP contribution in [-0.2, 0) is 11.3 Å². The highest BCUT2D eigenvalue weighted by Crippen LogP contribution is 2.49. The van der Waals surface area contributed by atoms with E-state index in [1.165, 1.54) is 43.4 Å². The van der Waals surface area contributed by atoms with Gasteiger partial charge in [0.1, 0.15) is 0 Å². The molecule has 2 nitrogen and oxygen atoms in total. The molecular weight excluding hydrogens is 234 g/mol. The fourth-order valence-corrected chi connectivity index (χ4v) is 3.60. The van der Waals surface area contributed by atoms with Crippen LogP contribution in [0.5, 0.6) is 0 Å². The van der Waals surface area contributed by atoms with Crippen molar-refractivity contribution in [2.24, 2.45) is 17.8 Å². The van der Waals surface area contributed by atoms with Gasteiger partial charge in [-0.05, 0) is 61.1 Å². The average molecular weight is 257 g/mol. The van der Waals surface area contributed by atoms with Crippen LogP contribution in [-0.4, -0.2) is 13.2 Å². The summed E-state index contributed by atoms with van der Waals surface area (Å²) in [5, 5.41) is 3.80. The van der Waals surface area contributed by atoms with E-state index in [1.54, 1.807) is 0 Å². The minimum Gasteiger partial charge on any atom is -0.375 e. The summed E-state index contributed by atoms with van der Waals surface area (Å²) in [6.45, 7) is 2.81. The molecule has 102 valence electrons. The van der Waals surface area contributed by atoms with Crippen LogP contribution in [0.2, 0.25) is 0 Å². The van der Waals surface area contributed by atoms with Gasteiger partial charge in [0.2, 0.25) is 0 Å². The highest BCUT2D eigenvalue weighted by atomic mass is 16.5. The van der Waals surface area contributed by atoms with Crippen LogP contribution in [0.15, 0.2) is 24.3 Å². The molecule has 1 aromatic rings. The van der Waals surface area contributed by atoms with Crippen molar-refractivity contribution in [3.8, 4) is 0 Å². The first kappa shape index (κ1) is 11.9. The largest absolute Gasteiger partial charge is 0.375 e. The molecule has 4 rings (SSSR count). The zero-order chi connectivity index (χ0) is 12.7. The smallest absolute Gasteiger partial charge is 0.0721 e. The van der Waals surface area contributed by atoms with E-state index in [-0.39, 0.29) is 0 Å². The second kappa shape index (κ2) is 4.92. The van der Waals surface area contributed by atoms with Crippen molar-refractivity contribution in [1.29, 1.82) is 0 Å². The monoisotopic (exact) mass is 257 g/mol. The SMILES string of the molecule is c1ccc2c(c1)COCC2NCC(C1CC1)C1CC1. The Bertz CT molecular complexity index is 438. The summed E-state index contributed by atoms with van der Waals surface area (Å²) in [6, 6.07) is 9.13. The third kappa shape index (κ3) is 2.56. The highest BCUT2D eigenvalue weighted by molar-refractivity contribution is 5.31. The third-order valence-electron chi connectivity index (χ3n) is 5.03. The summed E-state index contributed by atoms with van der Waals surface area (Å²) in [4.78, 5) is 0. The van der Waals surface area contributed by atoms with E-state index in [0.717, 1.165) is 31.0 Å². The average Bonchev–Trinajstić information content (AvgIpc) is 3.33. The maximum absolute atomic E-state index is 5.73. The molecule has 1 aromatic carbocycles. The second-order valence-corrected chi connectivity index (χ2v) is 6.51. The molecule has 3 aliphatic rings. The quantitative estimate of drug-likeness (QED) is 0.874. The fraction of sp³-hybridized carbons (Fsp3) is 0.647. The molecule has 2 aliphatic carbocycles. The number of hydrogen-bond acceptors (Lipinski definition) is 2. The summed E-state index contributed by atoms with van der Waals surface area (Å²) >= 11 is 0. The van der Waals surface area contributed by atoms with Crippen molar-refractivity contribution < 1.29 is 4.74 Å². The van der Waals surface area contributed by atoms with Crippen LogP contribution < -0.4 is 5.32 Å². The van der Waals surface area contributed by atoms with Gasteiger partial charge in [-0.15, -0.1) is 0 Å². The van der Waals surface area contributed by atoms with Gasteiger partial charge < -0.3 is 10.1 Å². The van der Waals surface area contributed by atoms with Gasteiger partial charge >= 0.3 is 0 Å². The minimum absolute atomic E-state index is 0.407. The maximum atomic E-state index is 5.73. The number of fused-ring (bicyclic) bond motifs is 1. The molecule has 2 saturated carbocycles. The van der Waals surface area contributed by atoms with E-state index in [1.807, 2.05) is 0 Å². The summed E-state index contributed by atoms with van der Waals surface area (Å²) < 4.78 is 5.73. The Balaban J connectivity index is 1.42. The van der Waals surface area contributed by atoms with Gasteiger partial charge in [0, 0.05) is 0 Å². The maximum Gasteiger partial charge on any atom is 0.0721 e. The number of rotatable bonds is 5. The standard InChI is InChI=1S/C17H23NO/c1-2-4-15-14(3-1)10-19-11-17(15)18-9-16(12-5-6-12)13-7-8-13/h1-4,12-13,16-18H,5-11H2. The molecule has 1 aliphatic heterocycles. The van der Waals surface area contributed by atoms with E-state index in [2.05, 4.69) is 29.6 Å². The molecule has 1 N–H and O–H groups in total. The van der Waals surface area contributed by atoms with Crippen molar-refractivity contribution in [3.63, 3.8) is 0 Å². The van der Waals surface area contributed by atoms with Crippen molar-refractivity contribution in [2.75, 3.05) is 13.2 Å². The first-order valence-electron chi connectivity index (χ1n) is 7.81. The highest BCUT2D eigenvalue weighted by Gasteiger charge is 2.41. The molecule has 0 spiro atoms. The minimum atomic E-state index is 0.407. The first-order chi connectivity index (χ1) is 9.42. The lowest BCUT2D eigenvalue weighted by Gasteiger charge is -2.28. The van der Waals surface area contributed by atoms with E-state index in [0.29, 0.717) is 6.04 Å². The number of benzene rings is 1. The molecule has 1 heterocycles. The molecule has 19 heavy (non-hydrogen) atoms. The van der Waals surface area contributed by atoms with Gasteiger partial charge in [0.05, 0.1) is 19.3 Å². The Morgan fingerprint density at radius 3 is 2.58 bits per heavy atom. The van der Waals surface area contributed by atoms with Crippen molar-refractivity contribution in [3.05, 3.63) is 35.4 Å². The lowest BCUT2D eigenvalue weighted by molar-refractivity contribution is 0.0800. The Morgan fingerprint density at radius 2 is 1.84 bits per heavy atom. The number of hydrogen-bond donors (Lipinski definition) is 1. The molecule has 2 fully saturated rings. The molecule has 1 unspecified atom stereocenters. The topological polar surface area (TPSA) is 21.3 Å². The van der Waals surface area contributed by atoms with Crippen LogP contribution in [0.4, 0.5) is 0 Å². The van der Waals surface area contributed by atoms with E-state index in [4.69, 9.17) is 4.74 Å². The Hall–Kier alpha value is -0.860. The molecule has 1 atom stereocenters. The Morgan fingerprint density at radius 1 is 1.11 bits per heavy atom. The number of ether oxygens (including phenoxy) is 1.